The molecule has 1 N–H and O–H groups in total. The van der Waals surface area contributed by atoms with E-state index in [0.29, 0.717) is 67.3 Å². The van der Waals surface area contributed by atoms with Crippen molar-refractivity contribution in [2.45, 2.75) is 57.6 Å². The Bertz CT molecular complexity index is 4540. The third-order valence-electron chi connectivity index (χ3n) is 13.9. The molecule has 458 valence electrons. The van der Waals surface area contributed by atoms with Gasteiger partial charge in [0, 0.05) is 51.3 Å². The van der Waals surface area contributed by atoms with Crippen LogP contribution in [0.25, 0.3) is 43.4 Å². The first-order chi connectivity index (χ1) is 42.4. The second kappa shape index (κ2) is 29.5. The molecule has 21 heteroatoms. The van der Waals surface area contributed by atoms with Gasteiger partial charge in [-0.15, -0.1) is 0 Å². The minimum Gasteiger partial charge on any atom is -0.492 e. The third kappa shape index (κ3) is 15.9. The second-order valence-corrected chi connectivity index (χ2v) is 27.1. The lowest BCUT2D eigenvalue weighted by molar-refractivity contribution is 0.198. The van der Waals surface area contributed by atoms with Crippen molar-refractivity contribution in [2.24, 2.45) is 0 Å². The summed E-state index contributed by atoms with van der Waals surface area (Å²) in [6.45, 7) is 5.44. The number of aryl methyl sites for hydroxylation is 1. The number of sulfone groups is 2. The number of nitrogens with one attached hydrogen (secondary N) is 1. The van der Waals surface area contributed by atoms with Crippen molar-refractivity contribution in [1.29, 1.82) is 0 Å². The van der Waals surface area contributed by atoms with E-state index in [2.05, 4.69) is 15.5 Å². The zero-order valence-electron chi connectivity index (χ0n) is 49.3. The van der Waals surface area contributed by atoms with Crippen LogP contribution in [0.1, 0.15) is 29.5 Å². The number of rotatable bonds is 18. The molecule has 0 saturated carbocycles. The van der Waals surface area contributed by atoms with Crippen LogP contribution in [0.4, 0.5) is 0 Å². The summed E-state index contributed by atoms with van der Waals surface area (Å²) in [5, 5.41) is 16.9. The highest BCUT2D eigenvalue weighted by atomic mass is 35.5. The lowest BCUT2D eigenvalue weighted by Crippen LogP contribution is -2.19. The van der Waals surface area contributed by atoms with E-state index in [-0.39, 0.29) is 44.5 Å². The maximum atomic E-state index is 14.2. The Kier molecular flexibility index (Phi) is 21.7. The number of hydrogen-bond acceptors (Lipinski definition) is 14. The summed E-state index contributed by atoms with van der Waals surface area (Å²) in [4.78, 5) is 2.46. The van der Waals surface area contributed by atoms with Gasteiger partial charge in [-0.3, -0.25) is 13.5 Å². The van der Waals surface area contributed by atoms with Gasteiger partial charge >= 0.3 is 0 Å². The molecule has 12 rings (SSSR count). The van der Waals surface area contributed by atoms with Gasteiger partial charge in [0.2, 0.25) is 19.7 Å². The highest BCUT2D eigenvalue weighted by Gasteiger charge is 2.30. The van der Waals surface area contributed by atoms with E-state index >= 15 is 0 Å². The molecule has 3 heterocycles. The van der Waals surface area contributed by atoms with Crippen molar-refractivity contribution in [3.63, 3.8) is 0 Å². The highest BCUT2D eigenvalue weighted by molar-refractivity contribution is 7.92. The normalized spacial score (nSPS) is 12.5. The van der Waals surface area contributed by atoms with Crippen molar-refractivity contribution >= 4 is 96.3 Å². The zero-order chi connectivity index (χ0) is 62.4. The molecule has 2 aromatic heterocycles. The molecule has 11 aromatic rings. The van der Waals surface area contributed by atoms with Gasteiger partial charge in [0.1, 0.15) is 31.3 Å². The summed E-state index contributed by atoms with van der Waals surface area (Å²) in [5.74, 6) is 0.937. The highest BCUT2D eigenvalue weighted by Crippen LogP contribution is 2.36. The summed E-state index contributed by atoms with van der Waals surface area (Å²) in [5.41, 5.74) is 3.99. The maximum Gasteiger partial charge on any atom is 0.297 e. The van der Waals surface area contributed by atoms with Crippen molar-refractivity contribution in [2.75, 3.05) is 67.8 Å². The Morgan fingerprint density at radius 3 is 1.41 bits per heavy atom. The molecule has 1 saturated heterocycles. The molecule has 0 spiro atoms. The Hall–Kier alpha value is -7.69. The lowest BCUT2D eigenvalue weighted by Gasteiger charge is -2.11. The first kappa shape index (κ1) is 64.8. The summed E-state index contributed by atoms with van der Waals surface area (Å²) in [7, 11) is -4.28. The summed E-state index contributed by atoms with van der Waals surface area (Å²) in [6, 6.07) is 56.8. The molecule has 0 bridgehead atoms. The first-order valence-corrected chi connectivity index (χ1v) is 33.5. The Labute approximate surface area is 524 Å². The van der Waals surface area contributed by atoms with Crippen molar-refractivity contribution < 1.29 is 43.6 Å². The molecule has 16 nitrogen and oxygen atoms in total. The van der Waals surface area contributed by atoms with E-state index in [1.54, 1.807) is 100 Å². The molecule has 1 aliphatic heterocycles. The number of aromatic nitrogens is 4. The number of ether oxygens (including phenoxy) is 3. The van der Waals surface area contributed by atoms with Gasteiger partial charge in [0.05, 0.1) is 38.8 Å². The minimum atomic E-state index is -4.08. The molecule has 88 heavy (non-hydrogen) atoms. The van der Waals surface area contributed by atoms with E-state index in [1.165, 1.54) is 25.0 Å². The Morgan fingerprint density at radius 1 is 0.523 bits per heavy atom. The third-order valence-corrected chi connectivity index (χ3v) is 19.2. The van der Waals surface area contributed by atoms with Crippen LogP contribution in [0, 0.1) is 6.92 Å². The summed E-state index contributed by atoms with van der Waals surface area (Å²) >= 11 is 12.4. The van der Waals surface area contributed by atoms with Crippen LogP contribution in [-0.4, -0.2) is 117 Å². The quantitative estimate of drug-likeness (QED) is 0.0630. The molecular formula is C67H68Cl2N6O10S3. The number of likely N-dealkylation sites (N-methyl/N-ethyl adjacent to an activating group) is 1. The Balaban J connectivity index is 0.000000189. The fourth-order valence-corrected chi connectivity index (χ4v) is 14.2. The average molecular weight is 1280 g/mol. The predicted octanol–water partition coefficient (Wildman–Crippen LogP) is 13.1. The fraction of sp³-hybridized carbons (Fsp3) is 0.224. The van der Waals surface area contributed by atoms with Gasteiger partial charge in [0.15, 0.2) is 10.1 Å². The molecule has 0 aliphatic carbocycles. The van der Waals surface area contributed by atoms with Gasteiger partial charge in [-0.05, 0) is 155 Å². The van der Waals surface area contributed by atoms with Crippen LogP contribution < -0.4 is 14.8 Å². The van der Waals surface area contributed by atoms with Crippen molar-refractivity contribution in [3.05, 3.63) is 221 Å². The second-order valence-electron chi connectivity index (χ2n) is 20.9. The Morgan fingerprint density at radius 2 is 0.966 bits per heavy atom. The maximum absolute atomic E-state index is 14.2. The van der Waals surface area contributed by atoms with Gasteiger partial charge in [-0.1, -0.05) is 138 Å². The van der Waals surface area contributed by atoms with E-state index in [4.69, 9.17) is 41.6 Å². The fourth-order valence-electron chi connectivity index (χ4n) is 9.69. The first-order valence-electron chi connectivity index (χ1n) is 28.3. The van der Waals surface area contributed by atoms with Crippen LogP contribution in [0.3, 0.4) is 0 Å². The largest absolute Gasteiger partial charge is 0.492 e. The summed E-state index contributed by atoms with van der Waals surface area (Å²) in [6.07, 6.45) is 2.56. The van der Waals surface area contributed by atoms with Crippen LogP contribution in [-0.2, 0) is 51.8 Å². The van der Waals surface area contributed by atoms with E-state index < -0.39 is 29.8 Å². The average Bonchev–Trinajstić information content (AvgIpc) is 2.49. The topological polar surface area (TPSA) is 190 Å². The molecule has 9 aromatic carbocycles. The van der Waals surface area contributed by atoms with Gasteiger partial charge in [-0.2, -0.15) is 18.6 Å². The predicted molar refractivity (Wildman–Crippen MR) is 348 cm³/mol. The van der Waals surface area contributed by atoms with E-state index in [0.717, 1.165) is 47.2 Å². The molecule has 0 radical (unpaired) electrons. The SMILES string of the molecule is C1CCOC1.CN(C)CCOc1ccc2c(c1)c(S(=O)(=O)c1cccc3ccccc13)nn2Cc1cccc(Cl)c1.CNC.Cc1ccc(S(=O)(=O)OCCOc2ccc3c(c2)c(S(=O)(=O)c2cccc4ccccc24)nn3Cc2cccc(Cl)c2)cc1. The van der Waals surface area contributed by atoms with Crippen LogP contribution >= 0.6 is 23.2 Å². The van der Waals surface area contributed by atoms with Crippen LogP contribution in [0.2, 0.25) is 10.0 Å². The number of fused-ring (bicyclic) bond motifs is 4. The smallest absolute Gasteiger partial charge is 0.297 e. The number of hydrogen-bond donors (Lipinski definition) is 1. The van der Waals surface area contributed by atoms with Crippen molar-refractivity contribution in [3.8, 4) is 11.5 Å². The molecule has 1 fully saturated rings. The van der Waals surface area contributed by atoms with Crippen LogP contribution in [0.5, 0.6) is 11.5 Å². The van der Waals surface area contributed by atoms with Crippen LogP contribution in [0.15, 0.2) is 219 Å². The molecule has 0 amide bonds. The molecule has 1 aliphatic rings. The van der Waals surface area contributed by atoms with E-state index in [9.17, 15) is 25.3 Å². The molecule has 0 atom stereocenters. The molecule has 0 unspecified atom stereocenters. The lowest BCUT2D eigenvalue weighted by atomic mass is 10.1. The minimum absolute atomic E-state index is 0.00828. The van der Waals surface area contributed by atoms with Gasteiger partial charge in [-0.25, -0.2) is 16.8 Å². The monoisotopic (exact) mass is 1280 g/mol. The number of nitrogens with zero attached hydrogens (tertiary/aromatic N) is 5. The zero-order valence-corrected chi connectivity index (χ0v) is 53.3. The van der Waals surface area contributed by atoms with Gasteiger partial charge in [0.25, 0.3) is 10.1 Å². The standard InChI is InChI=1S/C33H27ClN2O6S2.C28H26ClN3O3S.C4H8O.C2H7N/c1-23-12-15-28(16-13-23)44(39,40)42-19-18-41-27-14-17-31-30(21-27)33(35-36(31)22-24-6-4-9-26(34)20-24)43(37,38)32-11-5-8-25-7-2-3-10-29(25)32;1-31(2)15-16-35-23-13-14-26-25(18-23)28(30-32(26)19-20-7-5-10-22(29)17-20)36(33,34)27-12-6-9-21-8-3-4-11-24(21)27;1-2-4-5-3-1;1-3-2/h2-17,20-21H,18-19,22H2,1H3;3-14,17-18H,15-16,19H2,1-2H3;1-4H2;3H,1-2H3. The number of benzene rings is 9. The summed E-state index contributed by atoms with van der Waals surface area (Å²) < 4.78 is 107. The van der Waals surface area contributed by atoms with E-state index in [1.807, 2.05) is 131 Å². The molecular weight excluding hydrogens is 1220 g/mol. The van der Waals surface area contributed by atoms with Crippen molar-refractivity contribution in [1.82, 2.24) is 29.8 Å². The van der Waals surface area contributed by atoms with Gasteiger partial charge < -0.3 is 24.4 Å². The number of halogens is 2.